The van der Waals surface area contributed by atoms with Gasteiger partial charge in [-0.15, -0.1) is 0 Å². The zero-order chi connectivity index (χ0) is 18.9. The van der Waals surface area contributed by atoms with E-state index in [0.717, 1.165) is 31.5 Å². The summed E-state index contributed by atoms with van der Waals surface area (Å²) in [5, 5.41) is 0. The number of nitrogens with zero attached hydrogens (tertiary/aromatic N) is 2. The minimum absolute atomic E-state index is 0.0327. The van der Waals surface area contributed by atoms with Crippen molar-refractivity contribution in [1.82, 2.24) is 9.80 Å². The molecule has 0 N–H and O–H groups in total. The molecule has 0 heterocycles. The molecule has 0 spiro atoms. The van der Waals surface area contributed by atoms with Crippen molar-refractivity contribution in [1.29, 1.82) is 0 Å². The van der Waals surface area contributed by atoms with E-state index in [9.17, 15) is 9.59 Å². The molecular formula is C22H28N2O2. The van der Waals surface area contributed by atoms with Gasteiger partial charge in [-0.25, -0.2) is 0 Å². The first-order valence-corrected chi connectivity index (χ1v) is 9.25. The van der Waals surface area contributed by atoms with Crippen molar-refractivity contribution in [2.45, 2.75) is 33.2 Å². The molecule has 2 aromatic rings. The Labute approximate surface area is 156 Å². The fourth-order valence-electron chi connectivity index (χ4n) is 2.94. The SMILES string of the molecule is CCCN(CCC)C(=O)c1ccc(C(=O)N(C)Cc2ccccc2)cc1. The van der Waals surface area contributed by atoms with Crippen LogP contribution in [0.3, 0.4) is 0 Å². The molecule has 0 aromatic heterocycles. The number of amides is 2. The van der Waals surface area contributed by atoms with E-state index >= 15 is 0 Å². The van der Waals surface area contributed by atoms with Crippen LogP contribution < -0.4 is 0 Å². The Balaban J connectivity index is 2.05. The van der Waals surface area contributed by atoms with Crippen LogP contribution in [0.25, 0.3) is 0 Å². The first kappa shape index (κ1) is 19.7. The lowest BCUT2D eigenvalue weighted by molar-refractivity contribution is 0.0751. The van der Waals surface area contributed by atoms with E-state index < -0.39 is 0 Å². The third kappa shape index (κ3) is 5.19. The largest absolute Gasteiger partial charge is 0.339 e. The molecule has 0 saturated heterocycles. The zero-order valence-corrected chi connectivity index (χ0v) is 15.9. The molecule has 0 fully saturated rings. The molecule has 0 aliphatic rings. The van der Waals surface area contributed by atoms with Crippen molar-refractivity contribution in [3.05, 3.63) is 71.3 Å². The summed E-state index contributed by atoms with van der Waals surface area (Å²) in [6, 6.07) is 16.9. The number of benzene rings is 2. The molecule has 2 rings (SSSR count). The molecule has 0 aliphatic carbocycles. The number of carbonyl (C=O) groups excluding carboxylic acids is 2. The smallest absolute Gasteiger partial charge is 0.253 e. The van der Waals surface area contributed by atoms with Gasteiger partial charge in [-0.2, -0.15) is 0 Å². The number of hydrogen-bond acceptors (Lipinski definition) is 2. The van der Waals surface area contributed by atoms with Gasteiger partial charge in [0.2, 0.25) is 0 Å². The Morgan fingerprint density at radius 3 is 1.77 bits per heavy atom. The predicted molar refractivity (Wildman–Crippen MR) is 105 cm³/mol. The van der Waals surface area contributed by atoms with Crippen molar-refractivity contribution < 1.29 is 9.59 Å². The van der Waals surface area contributed by atoms with Crippen LogP contribution in [0.2, 0.25) is 0 Å². The highest BCUT2D eigenvalue weighted by Crippen LogP contribution is 2.12. The van der Waals surface area contributed by atoms with E-state index in [4.69, 9.17) is 0 Å². The van der Waals surface area contributed by atoms with Crippen molar-refractivity contribution >= 4 is 11.8 Å². The van der Waals surface area contributed by atoms with Gasteiger partial charge in [-0.3, -0.25) is 9.59 Å². The lowest BCUT2D eigenvalue weighted by Crippen LogP contribution is -2.32. The average molecular weight is 352 g/mol. The summed E-state index contributed by atoms with van der Waals surface area (Å²) in [7, 11) is 1.79. The second kappa shape index (κ2) is 9.76. The van der Waals surface area contributed by atoms with Crippen molar-refractivity contribution in [2.24, 2.45) is 0 Å². The van der Waals surface area contributed by atoms with Gasteiger partial charge in [0.05, 0.1) is 0 Å². The second-order valence-electron chi connectivity index (χ2n) is 6.52. The highest BCUT2D eigenvalue weighted by atomic mass is 16.2. The minimum atomic E-state index is -0.0492. The van der Waals surface area contributed by atoms with Gasteiger partial charge in [0.15, 0.2) is 0 Å². The van der Waals surface area contributed by atoms with Crippen molar-refractivity contribution in [3.63, 3.8) is 0 Å². The van der Waals surface area contributed by atoms with Crippen LogP contribution in [0.15, 0.2) is 54.6 Å². The van der Waals surface area contributed by atoms with Gasteiger partial charge >= 0.3 is 0 Å². The molecule has 0 aliphatic heterocycles. The minimum Gasteiger partial charge on any atom is -0.339 e. The van der Waals surface area contributed by atoms with Crippen molar-refractivity contribution in [2.75, 3.05) is 20.1 Å². The third-order valence-electron chi connectivity index (χ3n) is 4.26. The third-order valence-corrected chi connectivity index (χ3v) is 4.26. The van der Waals surface area contributed by atoms with E-state index in [1.807, 2.05) is 35.2 Å². The van der Waals surface area contributed by atoms with Crippen molar-refractivity contribution in [3.8, 4) is 0 Å². The van der Waals surface area contributed by atoms with Crippen LogP contribution in [0.4, 0.5) is 0 Å². The first-order chi connectivity index (χ1) is 12.6. The van der Waals surface area contributed by atoms with Crippen LogP contribution in [0.1, 0.15) is 53.0 Å². The Bertz CT molecular complexity index is 705. The summed E-state index contributed by atoms with van der Waals surface area (Å²) in [6.45, 7) is 6.21. The molecule has 138 valence electrons. The van der Waals surface area contributed by atoms with Gasteiger partial charge in [0.1, 0.15) is 0 Å². The molecule has 0 atom stereocenters. The maximum absolute atomic E-state index is 12.6. The number of rotatable bonds is 8. The first-order valence-electron chi connectivity index (χ1n) is 9.25. The predicted octanol–water partition coefficient (Wildman–Crippen LogP) is 4.22. The van der Waals surface area contributed by atoms with E-state index in [0.29, 0.717) is 17.7 Å². The Morgan fingerprint density at radius 2 is 1.27 bits per heavy atom. The van der Waals surface area contributed by atoms with Gasteiger partial charge < -0.3 is 9.80 Å². The summed E-state index contributed by atoms with van der Waals surface area (Å²) < 4.78 is 0. The highest BCUT2D eigenvalue weighted by Gasteiger charge is 2.16. The standard InChI is InChI=1S/C22H28N2O2/c1-4-15-24(16-5-2)22(26)20-13-11-19(12-14-20)21(25)23(3)17-18-9-7-6-8-10-18/h6-14H,4-5,15-17H2,1-3H3. The Hall–Kier alpha value is -2.62. The van der Waals surface area contributed by atoms with E-state index in [1.165, 1.54) is 0 Å². The molecule has 0 bridgehead atoms. The van der Waals surface area contributed by atoms with E-state index in [-0.39, 0.29) is 11.8 Å². The van der Waals surface area contributed by atoms with Gasteiger partial charge in [0.25, 0.3) is 11.8 Å². The van der Waals surface area contributed by atoms with Crippen LogP contribution in [-0.2, 0) is 6.54 Å². The zero-order valence-electron chi connectivity index (χ0n) is 15.9. The van der Waals surface area contributed by atoms with E-state index in [1.54, 1.807) is 36.2 Å². The molecule has 4 nitrogen and oxygen atoms in total. The molecule has 0 radical (unpaired) electrons. The lowest BCUT2D eigenvalue weighted by Gasteiger charge is -2.22. The molecule has 2 amide bonds. The van der Waals surface area contributed by atoms with Crippen LogP contribution in [0.5, 0.6) is 0 Å². The van der Waals surface area contributed by atoms with Crippen LogP contribution >= 0.6 is 0 Å². The van der Waals surface area contributed by atoms with Crippen LogP contribution in [-0.4, -0.2) is 41.8 Å². The quantitative estimate of drug-likeness (QED) is 0.714. The van der Waals surface area contributed by atoms with E-state index in [2.05, 4.69) is 13.8 Å². The summed E-state index contributed by atoms with van der Waals surface area (Å²) >= 11 is 0. The maximum atomic E-state index is 12.6. The summed E-state index contributed by atoms with van der Waals surface area (Å²) in [4.78, 5) is 28.8. The molecule has 2 aromatic carbocycles. The fourth-order valence-corrected chi connectivity index (χ4v) is 2.94. The summed E-state index contributed by atoms with van der Waals surface area (Å²) in [5.74, 6) is -0.0165. The summed E-state index contributed by atoms with van der Waals surface area (Å²) in [6.07, 6.45) is 1.87. The van der Waals surface area contributed by atoms with Gasteiger partial charge in [-0.05, 0) is 42.7 Å². The lowest BCUT2D eigenvalue weighted by atomic mass is 10.1. The highest BCUT2D eigenvalue weighted by molar-refractivity contribution is 5.97. The second-order valence-corrected chi connectivity index (χ2v) is 6.52. The molecule has 0 saturated carbocycles. The molecule has 4 heteroatoms. The Kier molecular flexibility index (Phi) is 7.39. The van der Waals surface area contributed by atoms with Gasteiger partial charge in [-0.1, -0.05) is 44.2 Å². The Morgan fingerprint density at radius 1 is 0.769 bits per heavy atom. The average Bonchev–Trinajstić information content (AvgIpc) is 2.67. The summed E-state index contributed by atoms with van der Waals surface area (Å²) in [5.41, 5.74) is 2.32. The van der Waals surface area contributed by atoms with Crippen LogP contribution in [0, 0.1) is 0 Å². The molecular weight excluding hydrogens is 324 g/mol. The topological polar surface area (TPSA) is 40.6 Å². The van der Waals surface area contributed by atoms with Gasteiger partial charge in [0, 0.05) is 37.8 Å². The number of hydrogen-bond donors (Lipinski definition) is 0. The number of carbonyl (C=O) groups is 2. The fraction of sp³-hybridized carbons (Fsp3) is 0.364. The molecule has 26 heavy (non-hydrogen) atoms. The monoisotopic (exact) mass is 352 g/mol. The normalized spacial score (nSPS) is 10.4. The maximum Gasteiger partial charge on any atom is 0.253 e. The molecule has 0 unspecified atom stereocenters.